The lowest BCUT2D eigenvalue weighted by Gasteiger charge is -2.21. The molecular formula is C11H18N4OS2. The number of thioether (sulfide) groups is 2. The van der Waals surface area contributed by atoms with Gasteiger partial charge < -0.3 is 11.1 Å². The Morgan fingerprint density at radius 3 is 2.94 bits per heavy atom. The molecule has 0 aliphatic carbocycles. The molecule has 5 nitrogen and oxygen atoms in total. The highest BCUT2D eigenvalue weighted by Gasteiger charge is 2.20. The van der Waals surface area contributed by atoms with Crippen molar-refractivity contribution in [2.45, 2.75) is 12.2 Å². The molecule has 0 radical (unpaired) electrons. The van der Waals surface area contributed by atoms with Crippen LogP contribution in [0.3, 0.4) is 0 Å². The van der Waals surface area contributed by atoms with Crippen LogP contribution in [0.25, 0.3) is 0 Å². The zero-order valence-electron chi connectivity index (χ0n) is 10.6. The van der Waals surface area contributed by atoms with Crippen LogP contribution in [-0.4, -0.2) is 44.7 Å². The topological polar surface area (TPSA) is 72.9 Å². The second-order valence-corrected chi connectivity index (χ2v) is 6.81. The van der Waals surface area contributed by atoms with Gasteiger partial charge >= 0.3 is 0 Å². The number of nitrogens with zero attached hydrogens (tertiary/aromatic N) is 2. The monoisotopic (exact) mass is 286 g/mol. The fraction of sp³-hybridized carbons (Fsp3) is 0.636. The maximum atomic E-state index is 12.1. The first kappa shape index (κ1) is 13.6. The molecule has 0 aromatic carbocycles. The highest BCUT2D eigenvalue weighted by Crippen LogP contribution is 2.23. The maximum absolute atomic E-state index is 12.1. The van der Waals surface area contributed by atoms with Crippen molar-refractivity contribution in [3.05, 3.63) is 11.4 Å². The molecule has 1 atom stereocenters. The number of nitrogen functional groups attached to an aromatic ring is 1. The van der Waals surface area contributed by atoms with E-state index in [9.17, 15) is 4.79 Å². The zero-order valence-corrected chi connectivity index (χ0v) is 12.2. The van der Waals surface area contributed by atoms with Gasteiger partial charge in [0.15, 0.2) is 0 Å². The molecule has 0 saturated carbocycles. The third-order valence-corrected chi connectivity index (χ3v) is 5.70. The Hall–Kier alpha value is -0.820. The second-order valence-electron chi connectivity index (χ2n) is 4.25. The molecule has 3 N–H and O–H groups in total. The molecule has 1 fully saturated rings. The van der Waals surface area contributed by atoms with Crippen molar-refractivity contribution in [1.82, 2.24) is 15.1 Å². The van der Waals surface area contributed by atoms with Gasteiger partial charge in [-0.3, -0.25) is 9.48 Å². The van der Waals surface area contributed by atoms with Crippen molar-refractivity contribution in [2.75, 3.05) is 29.5 Å². The molecule has 1 amide bonds. The van der Waals surface area contributed by atoms with Crippen molar-refractivity contribution < 1.29 is 4.79 Å². The van der Waals surface area contributed by atoms with Crippen LogP contribution >= 0.6 is 23.5 Å². The molecule has 2 heterocycles. The lowest BCUT2D eigenvalue weighted by Crippen LogP contribution is -2.34. The second kappa shape index (κ2) is 5.88. The van der Waals surface area contributed by atoms with E-state index in [1.54, 1.807) is 18.7 Å². The summed E-state index contributed by atoms with van der Waals surface area (Å²) in [5, 5.41) is 7.60. The Kier molecular flexibility index (Phi) is 4.45. The third kappa shape index (κ3) is 2.95. The summed E-state index contributed by atoms with van der Waals surface area (Å²) in [5.41, 5.74) is 7.49. The van der Waals surface area contributed by atoms with Gasteiger partial charge in [0.25, 0.3) is 5.91 Å². The van der Waals surface area contributed by atoms with E-state index in [-0.39, 0.29) is 5.91 Å². The summed E-state index contributed by atoms with van der Waals surface area (Å²) in [4.78, 5) is 12.1. The summed E-state index contributed by atoms with van der Waals surface area (Å²) < 4.78 is 1.54. The first-order valence-electron chi connectivity index (χ1n) is 5.86. The Balaban J connectivity index is 1.95. The quantitative estimate of drug-likeness (QED) is 0.863. The van der Waals surface area contributed by atoms with E-state index in [4.69, 9.17) is 5.73 Å². The minimum absolute atomic E-state index is 0.133. The number of aromatic nitrogens is 2. The number of anilines is 1. The molecule has 1 unspecified atom stereocenters. The lowest BCUT2D eigenvalue weighted by molar-refractivity contribution is 0.0946. The molecule has 2 rings (SSSR count). The van der Waals surface area contributed by atoms with Crippen LogP contribution < -0.4 is 11.1 Å². The minimum atomic E-state index is -0.133. The molecule has 1 aromatic rings. The predicted octanol–water partition coefficient (Wildman–Crippen LogP) is 0.889. The molecule has 1 aliphatic heterocycles. The van der Waals surface area contributed by atoms with Crippen LogP contribution in [0.1, 0.15) is 16.2 Å². The van der Waals surface area contributed by atoms with Crippen molar-refractivity contribution in [3.63, 3.8) is 0 Å². The predicted molar refractivity (Wildman–Crippen MR) is 78.3 cm³/mol. The number of carbonyl (C=O) groups is 1. The molecule has 0 spiro atoms. The SMILES string of the molecule is Cc1nn(C)c(C(=O)NCC2CSCCS2)c1N. The van der Waals surface area contributed by atoms with Crippen LogP contribution in [0.5, 0.6) is 0 Å². The van der Waals surface area contributed by atoms with Gasteiger partial charge in [0.2, 0.25) is 0 Å². The van der Waals surface area contributed by atoms with E-state index in [2.05, 4.69) is 10.4 Å². The molecule has 100 valence electrons. The van der Waals surface area contributed by atoms with Crippen LogP contribution in [0.2, 0.25) is 0 Å². The summed E-state index contributed by atoms with van der Waals surface area (Å²) in [6, 6.07) is 0. The molecule has 1 aromatic heterocycles. The van der Waals surface area contributed by atoms with E-state index in [0.717, 1.165) is 11.5 Å². The number of aryl methyl sites for hydroxylation is 2. The number of nitrogens with two attached hydrogens (primary N) is 1. The van der Waals surface area contributed by atoms with Crippen molar-refractivity contribution in [3.8, 4) is 0 Å². The Morgan fingerprint density at radius 1 is 1.61 bits per heavy atom. The Bertz CT molecular complexity index is 440. The molecule has 0 bridgehead atoms. The van der Waals surface area contributed by atoms with Crippen molar-refractivity contribution in [2.24, 2.45) is 7.05 Å². The van der Waals surface area contributed by atoms with Gasteiger partial charge in [-0.2, -0.15) is 28.6 Å². The molecule has 18 heavy (non-hydrogen) atoms. The average molecular weight is 286 g/mol. The third-order valence-electron chi connectivity index (χ3n) is 2.86. The van der Waals surface area contributed by atoms with E-state index in [0.29, 0.717) is 28.9 Å². The molecule has 1 saturated heterocycles. The molecule has 1 aliphatic rings. The Morgan fingerprint density at radius 2 is 2.39 bits per heavy atom. The number of nitrogens with one attached hydrogen (secondary N) is 1. The first-order valence-corrected chi connectivity index (χ1v) is 8.06. The highest BCUT2D eigenvalue weighted by molar-refractivity contribution is 8.06. The van der Waals surface area contributed by atoms with E-state index in [1.807, 2.05) is 23.5 Å². The molecular weight excluding hydrogens is 268 g/mol. The maximum Gasteiger partial charge on any atom is 0.271 e. The first-order chi connectivity index (χ1) is 8.59. The highest BCUT2D eigenvalue weighted by atomic mass is 32.2. The average Bonchev–Trinajstić information content (AvgIpc) is 2.62. The standard InChI is InChI=1S/C11H18N4OS2/c1-7-9(12)10(15(2)14-7)11(16)13-5-8-6-17-3-4-18-8/h8H,3-6,12H2,1-2H3,(H,13,16). The lowest BCUT2D eigenvalue weighted by atomic mass is 10.3. The fourth-order valence-electron chi connectivity index (χ4n) is 1.89. The summed E-state index contributed by atoms with van der Waals surface area (Å²) in [7, 11) is 1.74. The van der Waals surface area contributed by atoms with Gasteiger partial charge in [0, 0.05) is 36.1 Å². The number of amides is 1. The van der Waals surface area contributed by atoms with Crippen LogP contribution in [-0.2, 0) is 7.05 Å². The summed E-state index contributed by atoms with van der Waals surface area (Å²) >= 11 is 3.87. The van der Waals surface area contributed by atoms with Gasteiger partial charge in [-0.05, 0) is 6.92 Å². The molecule has 7 heteroatoms. The van der Waals surface area contributed by atoms with Crippen LogP contribution in [0, 0.1) is 6.92 Å². The zero-order chi connectivity index (χ0) is 13.1. The van der Waals surface area contributed by atoms with Gasteiger partial charge in [-0.25, -0.2) is 0 Å². The van der Waals surface area contributed by atoms with Gasteiger partial charge in [-0.1, -0.05) is 0 Å². The largest absolute Gasteiger partial charge is 0.395 e. The number of hydrogen-bond donors (Lipinski definition) is 2. The van der Waals surface area contributed by atoms with Gasteiger partial charge in [-0.15, -0.1) is 0 Å². The summed E-state index contributed by atoms with van der Waals surface area (Å²) in [6.07, 6.45) is 0. The van der Waals surface area contributed by atoms with Crippen molar-refractivity contribution >= 4 is 35.1 Å². The number of hydrogen-bond acceptors (Lipinski definition) is 5. The van der Waals surface area contributed by atoms with E-state index < -0.39 is 0 Å². The fourth-order valence-corrected chi connectivity index (χ4v) is 4.50. The normalized spacial score (nSPS) is 19.8. The van der Waals surface area contributed by atoms with E-state index >= 15 is 0 Å². The Labute approximate surface area is 115 Å². The van der Waals surface area contributed by atoms with Crippen LogP contribution in [0.15, 0.2) is 0 Å². The summed E-state index contributed by atoms with van der Waals surface area (Å²) in [5.74, 6) is 3.35. The van der Waals surface area contributed by atoms with Crippen LogP contribution in [0.4, 0.5) is 5.69 Å². The number of rotatable bonds is 3. The van der Waals surface area contributed by atoms with Gasteiger partial charge in [0.05, 0.1) is 11.4 Å². The summed E-state index contributed by atoms with van der Waals surface area (Å²) in [6.45, 7) is 2.50. The van der Waals surface area contributed by atoms with Crippen molar-refractivity contribution in [1.29, 1.82) is 0 Å². The smallest absolute Gasteiger partial charge is 0.271 e. The van der Waals surface area contributed by atoms with Gasteiger partial charge in [0.1, 0.15) is 5.69 Å². The number of carbonyl (C=O) groups excluding carboxylic acids is 1. The minimum Gasteiger partial charge on any atom is -0.395 e. The van der Waals surface area contributed by atoms with E-state index in [1.165, 1.54) is 5.75 Å².